The summed E-state index contributed by atoms with van der Waals surface area (Å²) >= 11 is 0. The predicted molar refractivity (Wildman–Crippen MR) is 99.7 cm³/mol. The van der Waals surface area contributed by atoms with Gasteiger partial charge in [0.1, 0.15) is 5.75 Å². The highest BCUT2D eigenvalue weighted by Gasteiger charge is 2.65. The van der Waals surface area contributed by atoms with Crippen LogP contribution < -0.4 is 15.4 Å². The summed E-state index contributed by atoms with van der Waals surface area (Å²) in [6.07, 6.45) is 4.21. The topological polar surface area (TPSA) is 105 Å². The molecule has 7 heteroatoms. The molecule has 7 nitrogen and oxygen atoms in total. The third-order valence-electron chi connectivity index (χ3n) is 5.79. The van der Waals surface area contributed by atoms with Gasteiger partial charge in [-0.2, -0.15) is 0 Å². The third kappa shape index (κ3) is 3.77. The summed E-state index contributed by atoms with van der Waals surface area (Å²) in [4.78, 5) is 36.4. The maximum atomic E-state index is 12.6. The van der Waals surface area contributed by atoms with Crippen LogP contribution in [0.25, 0.3) is 0 Å². The molecule has 0 radical (unpaired) electrons. The average Bonchev–Trinajstić information content (AvgIpc) is 2.93. The lowest BCUT2D eigenvalue weighted by Crippen LogP contribution is -2.32. The fourth-order valence-corrected chi connectivity index (χ4v) is 4.08. The van der Waals surface area contributed by atoms with Crippen molar-refractivity contribution in [2.45, 2.75) is 45.6 Å². The maximum Gasteiger partial charge on any atom is 0.307 e. The summed E-state index contributed by atoms with van der Waals surface area (Å²) in [6.45, 7) is 3.53. The third-order valence-corrected chi connectivity index (χ3v) is 5.79. The Kier molecular flexibility index (Phi) is 5.13. The van der Waals surface area contributed by atoms with Crippen molar-refractivity contribution in [3.8, 4) is 5.75 Å². The number of carbonyl (C=O) groups excluding carboxylic acids is 2. The lowest BCUT2D eigenvalue weighted by atomic mass is 10.1. The molecule has 2 amide bonds. The predicted octanol–water partition coefficient (Wildman–Crippen LogP) is 2.66. The highest BCUT2D eigenvalue weighted by atomic mass is 16.5. The van der Waals surface area contributed by atoms with E-state index in [0.29, 0.717) is 17.0 Å². The molecule has 0 heterocycles. The minimum absolute atomic E-state index is 0.185. The molecule has 2 aliphatic rings. The number of hydrogen-bond acceptors (Lipinski definition) is 4. The molecule has 1 aromatic carbocycles. The van der Waals surface area contributed by atoms with E-state index in [2.05, 4.69) is 10.6 Å². The standard InChI is InChI=1S/C20H26N2O5/c1-20(2)15(16(20)19(25)26)18(24)22-13-10-11(8-9-14(13)27-3)17(23)21-12-6-4-5-7-12/h8-10,12,15-16H,4-7H2,1-3H3,(H,21,23)(H,22,24)(H,25,26)/t15-,16+/m0/s1. The van der Waals surface area contributed by atoms with E-state index in [-0.39, 0.29) is 17.9 Å². The quantitative estimate of drug-likeness (QED) is 0.710. The summed E-state index contributed by atoms with van der Waals surface area (Å²) in [5.41, 5.74) is 0.205. The van der Waals surface area contributed by atoms with Crippen LogP contribution >= 0.6 is 0 Å². The van der Waals surface area contributed by atoms with Crippen molar-refractivity contribution in [2.24, 2.45) is 17.3 Å². The van der Waals surface area contributed by atoms with Gasteiger partial charge in [0.05, 0.1) is 24.6 Å². The monoisotopic (exact) mass is 374 g/mol. The molecule has 2 atom stereocenters. The van der Waals surface area contributed by atoms with Crippen LogP contribution in [0, 0.1) is 17.3 Å². The first-order valence-corrected chi connectivity index (χ1v) is 9.28. The number of carboxylic acids is 1. The minimum Gasteiger partial charge on any atom is -0.495 e. The smallest absolute Gasteiger partial charge is 0.307 e. The molecule has 2 aliphatic carbocycles. The number of rotatable bonds is 6. The van der Waals surface area contributed by atoms with E-state index in [1.807, 2.05) is 0 Å². The Labute approximate surface area is 158 Å². The van der Waals surface area contributed by atoms with E-state index >= 15 is 0 Å². The van der Waals surface area contributed by atoms with Crippen molar-refractivity contribution in [1.82, 2.24) is 5.32 Å². The Hall–Kier alpha value is -2.57. The Bertz CT molecular complexity index is 768. The number of nitrogens with one attached hydrogen (secondary N) is 2. The van der Waals surface area contributed by atoms with Gasteiger partial charge in [-0.3, -0.25) is 14.4 Å². The molecule has 2 saturated carbocycles. The van der Waals surface area contributed by atoms with Gasteiger partial charge in [0, 0.05) is 11.6 Å². The van der Waals surface area contributed by atoms with Gasteiger partial charge >= 0.3 is 5.97 Å². The van der Waals surface area contributed by atoms with Crippen LogP contribution in [0.1, 0.15) is 49.9 Å². The fourth-order valence-electron chi connectivity index (χ4n) is 4.08. The van der Waals surface area contributed by atoms with E-state index in [9.17, 15) is 19.5 Å². The number of ether oxygens (including phenoxy) is 1. The van der Waals surface area contributed by atoms with Crippen LogP contribution in [0.4, 0.5) is 5.69 Å². The molecule has 146 valence electrons. The molecule has 1 aromatic rings. The fraction of sp³-hybridized carbons (Fsp3) is 0.550. The maximum absolute atomic E-state index is 12.6. The van der Waals surface area contributed by atoms with Gasteiger partial charge < -0.3 is 20.5 Å². The summed E-state index contributed by atoms with van der Waals surface area (Å²) in [6, 6.07) is 5.05. The van der Waals surface area contributed by atoms with Crippen molar-refractivity contribution < 1.29 is 24.2 Å². The number of amides is 2. The number of aliphatic carboxylic acids is 1. The zero-order chi connectivity index (χ0) is 19.8. The van der Waals surface area contributed by atoms with Crippen molar-refractivity contribution in [1.29, 1.82) is 0 Å². The molecule has 0 aliphatic heterocycles. The highest BCUT2D eigenvalue weighted by molar-refractivity contribution is 6.02. The van der Waals surface area contributed by atoms with Gasteiger partial charge in [0.2, 0.25) is 5.91 Å². The first-order chi connectivity index (χ1) is 12.8. The van der Waals surface area contributed by atoms with Gasteiger partial charge in [-0.05, 0) is 36.5 Å². The van der Waals surface area contributed by atoms with E-state index in [1.54, 1.807) is 32.0 Å². The average molecular weight is 374 g/mol. The second-order valence-electron chi connectivity index (χ2n) is 7.97. The second kappa shape index (κ2) is 7.21. The number of carboxylic acid groups (broad SMARTS) is 1. The van der Waals surface area contributed by atoms with Crippen LogP contribution in [0.3, 0.4) is 0 Å². The van der Waals surface area contributed by atoms with E-state index in [0.717, 1.165) is 25.7 Å². The van der Waals surface area contributed by atoms with Gasteiger partial charge in [-0.15, -0.1) is 0 Å². The lowest BCUT2D eigenvalue weighted by molar-refractivity contribution is -0.140. The Morgan fingerprint density at radius 1 is 1.15 bits per heavy atom. The molecule has 0 saturated heterocycles. The Morgan fingerprint density at radius 2 is 1.81 bits per heavy atom. The van der Waals surface area contributed by atoms with Crippen molar-refractivity contribution in [3.63, 3.8) is 0 Å². The molecule has 0 spiro atoms. The molecular weight excluding hydrogens is 348 g/mol. The Balaban J connectivity index is 1.75. The summed E-state index contributed by atoms with van der Waals surface area (Å²) < 4.78 is 5.28. The number of methoxy groups -OCH3 is 1. The van der Waals surface area contributed by atoms with Gasteiger partial charge in [0.25, 0.3) is 5.91 Å². The number of anilines is 1. The SMILES string of the molecule is COc1ccc(C(=O)NC2CCCC2)cc1NC(=O)[C@@H]1[C@H](C(=O)O)C1(C)C. The molecule has 0 aromatic heterocycles. The van der Waals surface area contributed by atoms with Gasteiger partial charge in [0.15, 0.2) is 0 Å². The Morgan fingerprint density at radius 3 is 2.37 bits per heavy atom. The van der Waals surface area contributed by atoms with Crippen LogP contribution in [-0.4, -0.2) is 36.0 Å². The number of benzene rings is 1. The summed E-state index contributed by atoms with van der Waals surface area (Å²) in [5, 5.41) is 15.0. The zero-order valence-electron chi connectivity index (χ0n) is 15.9. The molecule has 3 N–H and O–H groups in total. The van der Waals surface area contributed by atoms with Crippen LogP contribution in [-0.2, 0) is 9.59 Å². The van der Waals surface area contributed by atoms with Crippen molar-refractivity contribution in [2.75, 3.05) is 12.4 Å². The lowest BCUT2D eigenvalue weighted by Gasteiger charge is -2.15. The number of hydrogen-bond donors (Lipinski definition) is 3. The summed E-state index contributed by atoms with van der Waals surface area (Å²) in [5.74, 6) is -2.44. The minimum atomic E-state index is -0.975. The second-order valence-corrected chi connectivity index (χ2v) is 7.97. The molecule has 3 rings (SSSR count). The van der Waals surface area contributed by atoms with E-state index in [4.69, 9.17) is 4.74 Å². The summed E-state index contributed by atoms with van der Waals surface area (Å²) in [7, 11) is 1.48. The van der Waals surface area contributed by atoms with Gasteiger partial charge in [-0.25, -0.2) is 0 Å². The van der Waals surface area contributed by atoms with Crippen LogP contribution in [0.15, 0.2) is 18.2 Å². The van der Waals surface area contributed by atoms with Gasteiger partial charge in [-0.1, -0.05) is 26.7 Å². The molecule has 0 bridgehead atoms. The van der Waals surface area contributed by atoms with E-state index < -0.39 is 23.2 Å². The van der Waals surface area contributed by atoms with Crippen molar-refractivity contribution in [3.05, 3.63) is 23.8 Å². The first-order valence-electron chi connectivity index (χ1n) is 9.28. The first kappa shape index (κ1) is 19.2. The van der Waals surface area contributed by atoms with Crippen molar-refractivity contribution >= 4 is 23.5 Å². The van der Waals surface area contributed by atoms with Crippen LogP contribution in [0.5, 0.6) is 5.75 Å². The molecule has 0 unspecified atom stereocenters. The largest absolute Gasteiger partial charge is 0.495 e. The molecule has 27 heavy (non-hydrogen) atoms. The number of carbonyl (C=O) groups is 3. The van der Waals surface area contributed by atoms with E-state index in [1.165, 1.54) is 7.11 Å². The normalized spacial score (nSPS) is 23.5. The molecular formula is C20H26N2O5. The molecule has 2 fully saturated rings. The van der Waals surface area contributed by atoms with Crippen LogP contribution in [0.2, 0.25) is 0 Å². The zero-order valence-corrected chi connectivity index (χ0v) is 15.9. The highest BCUT2D eigenvalue weighted by Crippen LogP contribution is 2.58.